The molecule has 0 radical (unpaired) electrons. The van der Waals surface area contributed by atoms with Gasteiger partial charge in [0.2, 0.25) is 0 Å². The molecule has 4 heteroatoms. The van der Waals surface area contributed by atoms with Crippen molar-refractivity contribution in [3.63, 3.8) is 0 Å². The number of nitrogens with zero attached hydrogens (tertiary/aromatic N) is 1. The van der Waals surface area contributed by atoms with Crippen LogP contribution in [0.1, 0.15) is 44.5 Å². The third-order valence-corrected chi connectivity index (χ3v) is 3.82. The molecule has 0 saturated heterocycles. The van der Waals surface area contributed by atoms with Crippen molar-refractivity contribution in [1.82, 2.24) is 10.3 Å². The highest BCUT2D eigenvalue weighted by Gasteiger charge is 2.15. The Labute approximate surface area is 119 Å². The molecule has 1 heterocycles. The summed E-state index contributed by atoms with van der Waals surface area (Å²) in [6.45, 7) is 4.44. The molecule has 0 saturated carbocycles. The second kappa shape index (κ2) is 6.95. The fourth-order valence-corrected chi connectivity index (χ4v) is 2.43. The van der Waals surface area contributed by atoms with Crippen molar-refractivity contribution < 1.29 is 9.50 Å². The van der Waals surface area contributed by atoms with Crippen molar-refractivity contribution in [2.24, 2.45) is 5.92 Å². The largest absolute Gasteiger partial charge is 0.395 e. The van der Waals surface area contributed by atoms with Crippen molar-refractivity contribution in [2.45, 2.75) is 45.7 Å². The molecule has 0 aromatic carbocycles. The first-order chi connectivity index (χ1) is 9.61. The van der Waals surface area contributed by atoms with Crippen LogP contribution in [0.15, 0.2) is 18.2 Å². The molecule has 0 bridgehead atoms. The molecule has 1 unspecified atom stereocenters. The van der Waals surface area contributed by atoms with Gasteiger partial charge in [0.15, 0.2) is 0 Å². The first-order valence-corrected chi connectivity index (χ1v) is 7.31. The van der Waals surface area contributed by atoms with E-state index in [1.165, 1.54) is 11.6 Å². The molecule has 0 amide bonds. The van der Waals surface area contributed by atoms with Crippen LogP contribution in [-0.2, 0) is 6.54 Å². The topological polar surface area (TPSA) is 45.1 Å². The van der Waals surface area contributed by atoms with Crippen LogP contribution in [-0.4, -0.2) is 22.7 Å². The summed E-state index contributed by atoms with van der Waals surface area (Å²) in [6.07, 6.45) is 5.45. The van der Waals surface area contributed by atoms with Crippen LogP contribution in [0.2, 0.25) is 0 Å². The lowest BCUT2D eigenvalue weighted by Crippen LogP contribution is -2.37. The number of hydrogen-bond donors (Lipinski definition) is 2. The maximum Gasteiger partial charge on any atom is 0.146 e. The molecule has 0 aliphatic heterocycles. The van der Waals surface area contributed by atoms with E-state index >= 15 is 0 Å². The van der Waals surface area contributed by atoms with Crippen molar-refractivity contribution in [1.29, 1.82) is 0 Å². The van der Waals surface area contributed by atoms with E-state index < -0.39 is 0 Å². The zero-order valence-corrected chi connectivity index (χ0v) is 12.2. The van der Waals surface area contributed by atoms with Gasteiger partial charge in [0.25, 0.3) is 0 Å². The lowest BCUT2D eigenvalue weighted by molar-refractivity contribution is 0.209. The number of allylic oxidation sites excluding steroid dienone is 2. The van der Waals surface area contributed by atoms with E-state index in [0.717, 1.165) is 25.0 Å². The predicted molar refractivity (Wildman–Crippen MR) is 78.6 cm³/mol. The first kappa shape index (κ1) is 15.1. The molecule has 20 heavy (non-hydrogen) atoms. The Balaban J connectivity index is 2.08. The van der Waals surface area contributed by atoms with Gasteiger partial charge in [0, 0.05) is 12.6 Å². The van der Waals surface area contributed by atoms with E-state index in [9.17, 15) is 9.50 Å². The van der Waals surface area contributed by atoms with Gasteiger partial charge in [-0.05, 0) is 42.9 Å². The average Bonchev–Trinajstić information content (AvgIpc) is 2.95. The quantitative estimate of drug-likeness (QED) is 0.841. The lowest BCUT2D eigenvalue weighted by atomic mass is 10.1. The third kappa shape index (κ3) is 3.64. The Morgan fingerprint density at radius 2 is 2.20 bits per heavy atom. The fourth-order valence-electron chi connectivity index (χ4n) is 2.43. The SMILES string of the molecule is CC(C)C(CO)NCc1nc(C2=CCCC2)ccc1F. The Morgan fingerprint density at radius 1 is 1.40 bits per heavy atom. The van der Waals surface area contributed by atoms with Gasteiger partial charge in [0.1, 0.15) is 5.82 Å². The van der Waals surface area contributed by atoms with Gasteiger partial charge in [-0.25, -0.2) is 9.37 Å². The smallest absolute Gasteiger partial charge is 0.146 e. The molecule has 1 aromatic heterocycles. The average molecular weight is 278 g/mol. The second-order valence-electron chi connectivity index (χ2n) is 5.66. The molecular formula is C16H23FN2O. The zero-order chi connectivity index (χ0) is 14.5. The van der Waals surface area contributed by atoms with Crippen LogP contribution in [0.5, 0.6) is 0 Å². The van der Waals surface area contributed by atoms with Gasteiger partial charge in [-0.2, -0.15) is 0 Å². The highest BCUT2D eigenvalue weighted by Crippen LogP contribution is 2.26. The summed E-state index contributed by atoms with van der Waals surface area (Å²) in [6, 6.07) is 3.20. The molecule has 2 rings (SSSR count). The van der Waals surface area contributed by atoms with Gasteiger partial charge in [-0.1, -0.05) is 19.9 Å². The number of rotatable bonds is 6. The van der Waals surface area contributed by atoms with E-state index in [1.807, 2.05) is 13.8 Å². The summed E-state index contributed by atoms with van der Waals surface area (Å²) in [7, 11) is 0. The summed E-state index contributed by atoms with van der Waals surface area (Å²) in [4.78, 5) is 4.43. The van der Waals surface area contributed by atoms with E-state index in [2.05, 4.69) is 16.4 Å². The maximum absolute atomic E-state index is 13.8. The fraction of sp³-hybridized carbons (Fsp3) is 0.562. The minimum absolute atomic E-state index is 0.0365. The monoisotopic (exact) mass is 278 g/mol. The Hall–Kier alpha value is -1.26. The Morgan fingerprint density at radius 3 is 2.80 bits per heavy atom. The number of nitrogens with one attached hydrogen (secondary N) is 1. The number of hydrogen-bond acceptors (Lipinski definition) is 3. The standard InChI is InChI=1S/C16H23FN2O/c1-11(2)16(10-20)18-9-15-13(17)7-8-14(19-15)12-5-3-4-6-12/h5,7-8,11,16,18,20H,3-4,6,9-10H2,1-2H3. The third-order valence-electron chi connectivity index (χ3n) is 3.82. The summed E-state index contributed by atoms with van der Waals surface area (Å²) in [5.41, 5.74) is 2.52. The van der Waals surface area contributed by atoms with Crippen LogP contribution in [0.3, 0.4) is 0 Å². The van der Waals surface area contributed by atoms with E-state index in [-0.39, 0.29) is 18.5 Å². The van der Waals surface area contributed by atoms with Crippen molar-refractivity contribution in [3.05, 3.63) is 35.4 Å². The molecule has 2 N–H and O–H groups in total. The zero-order valence-electron chi connectivity index (χ0n) is 12.2. The summed E-state index contributed by atoms with van der Waals surface area (Å²) in [5, 5.41) is 12.5. The second-order valence-corrected chi connectivity index (χ2v) is 5.66. The normalized spacial score (nSPS) is 16.6. The number of pyridine rings is 1. The number of aliphatic hydroxyl groups excluding tert-OH is 1. The molecule has 1 aromatic rings. The Kier molecular flexibility index (Phi) is 5.26. The minimum Gasteiger partial charge on any atom is -0.395 e. The van der Waals surface area contributed by atoms with Crippen molar-refractivity contribution in [3.8, 4) is 0 Å². The van der Waals surface area contributed by atoms with Gasteiger partial charge in [-0.3, -0.25) is 0 Å². The van der Waals surface area contributed by atoms with Crippen LogP contribution < -0.4 is 5.32 Å². The molecule has 1 atom stereocenters. The van der Waals surface area contributed by atoms with E-state index in [1.54, 1.807) is 6.07 Å². The first-order valence-electron chi connectivity index (χ1n) is 7.31. The minimum atomic E-state index is -0.291. The van der Waals surface area contributed by atoms with E-state index in [0.29, 0.717) is 18.2 Å². The van der Waals surface area contributed by atoms with E-state index in [4.69, 9.17) is 0 Å². The number of halogens is 1. The molecular weight excluding hydrogens is 255 g/mol. The summed E-state index contributed by atoms with van der Waals surface area (Å²) >= 11 is 0. The van der Waals surface area contributed by atoms with Crippen molar-refractivity contribution >= 4 is 5.57 Å². The molecule has 0 fully saturated rings. The summed E-state index contributed by atoms with van der Waals surface area (Å²) < 4.78 is 13.8. The number of aromatic nitrogens is 1. The number of aliphatic hydroxyl groups is 1. The molecule has 1 aliphatic rings. The van der Waals surface area contributed by atoms with Gasteiger partial charge >= 0.3 is 0 Å². The lowest BCUT2D eigenvalue weighted by Gasteiger charge is -2.20. The molecule has 110 valence electrons. The maximum atomic E-state index is 13.8. The summed E-state index contributed by atoms with van der Waals surface area (Å²) in [5.74, 6) is 0.00378. The van der Waals surface area contributed by atoms with Gasteiger partial charge in [0.05, 0.1) is 18.0 Å². The highest BCUT2D eigenvalue weighted by atomic mass is 19.1. The van der Waals surface area contributed by atoms with Crippen LogP contribution in [0.4, 0.5) is 4.39 Å². The van der Waals surface area contributed by atoms with Crippen LogP contribution in [0.25, 0.3) is 5.57 Å². The molecule has 1 aliphatic carbocycles. The van der Waals surface area contributed by atoms with Gasteiger partial charge in [-0.15, -0.1) is 0 Å². The van der Waals surface area contributed by atoms with Gasteiger partial charge < -0.3 is 10.4 Å². The van der Waals surface area contributed by atoms with Crippen LogP contribution >= 0.6 is 0 Å². The Bertz CT molecular complexity index is 485. The molecule has 0 spiro atoms. The van der Waals surface area contributed by atoms with Crippen molar-refractivity contribution in [2.75, 3.05) is 6.61 Å². The predicted octanol–water partition coefficient (Wildman–Crippen LogP) is 2.89. The van der Waals surface area contributed by atoms with Crippen LogP contribution in [0, 0.1) is 11.7 Å². The molecule has 3 nitrogen and oxygen atoms in total. The highest BCUT2D eigenvalue weighted by molar-refractivity contribution is 5.64.